The minimum absolute atomic E-state index is 0.333. The number of nitrogens with one attached hydrogen (secondary N) is 2. The van der Waals surface area contributed by atoms with Crippen molar-refractivity contribution >= 4 is 5.96 Å². The summed E-state index contributed by atoms with van der Waals surface area (Å²) in [6.07, 6.45) is 1.04. The second kappa shape index (κ2) is 9.38. The van der Waals surface area contributed by atoms with E-state index in [1.165, 1.54) is 0 Å². The Morgan fingerprint density at radius 1 is 1.50 bits per heavy atom. The van der Waals surface area contributed by atoms with Gasteiger partial charge in [0.15, 0.2) is 0 Å². The van der Waals surface area contributed by atoms with Gasteiger partial charge in [-0.05, 0) is 34.0 Å². The average Bonchev–Trinajstić information content (AvgIpc) is 2.25. The van der Waals surface area contributed by atoms with Crippen molar-refractivity contribution in [2.24, 2.45) is 10.8 Å². The molecular formula is C10H25N5O. The molecule has 0 aliphatic heterocycles. The zero-order valence-corrected chi connectivity index (χ0v) is 10.8. The second-order valence-electron chi connectivity index (χ2n) is 4.00. The summed E-state index contributed by atoms with van der Waals surface area (Å²) in [7, 11) is 5.77. The molecule has 0 aliphatic carbocycles. The molecule has 0 rings (SSSR count). The van der Waals surface area contributed by atoms with E-state index >= 15 is 0 Å². The molecule has 0 radical (unpaired) electrons. The van der Waals surface area contributed by atoms with Gasteiger partial charge in [0.25, 0.3) is 0 Å². The van der Waals surface area contributed by atoms with E-state index in [-0.39, 0.29) is 0 Å². The summed E-state index contributed by atoms with van der Waals surface area (Å²) in [6.45, 7) is 4.33. The fraction of sp³-hybridized carbons (Fsp3) is 0.900. The first-order valence-electron chi connectivity index (χ1n) is 5.51. The van der Waals surface area contributed by atoms with Crippen LogP contribution in [0.4, 0.5) is 0 Å². The van der Waals surface area contributed by atoms with E-state index in [1.807, 2.05) is 0 Å². The molecule has 0 saturated heterocycles. The van der Waals surface area contributed by atoms with Crippen LogP contribution in [-0.4, -0.2) is 57.8 Å². The molecule has 96 valence electrons. The molecule has 1 unspecified atom stereocenters. The fourth-order valence-electron chi connectivity index (χ4n) is 1.14. The van der Waals surface area contributed by atoms with Crippen LogP contribution in [0.2, 0.25) is 0 Å². The summed E-state index contributed by atoms with van der Waals surface area (Å²) in [5.74, 6) is 5.98. The van der Waals surface area contributed by atoms with Gasteiger partial charge in [-0.3, -0.25) is 5.43 Å². The summed E-state index contributed by atoms with van der Waals surface area (Å²) in [5, 5.41) is 3.21. The maximum atomic E-state index is 5.36. The molecule has 0 bridgehead atoms. The molecule has 0 aromatic heterocycles. The predicted molar refractivity (Wildman–Crippen MR) is 67.3 cm³/mol. The van der Waals surface area contributed by atoms with Crippen LogP contribution in [0.5, 0.6) is 0 Å². The Bertz CT molecular complexity index is 196. The Hall–Kier alpha value is -0.850. The van der Waals surface area contributed by atoms with E-state index in [2.05, 4.69) is 41.7 Å². The van der Waals surface area contributed by atoms with Crippen LogP contribution < -0.4 is 16.6 Å². The highest BCUT2D eigenvalue weighted by atomic mass is 16.5. The molecule has 0 spiro atoms. The first-order chi connectivity index (χ1) is 7.60. The number of hydrazine groups is 1. The van der Waals surface area contributed by atoms with E-state index < -0.39 is 0 Å². The van der Waals surface area contributed by atoms with Crippen molar-refractivity contribution in [2.75, 3.05) is 40.9 Å². The minimum Gasteiger partial charge on any atom is -0.383 e. The third-order valence-corrected chi connectivity index (χ3v) is 2.09. The van der Waals surface area contributed by atoms with Crippen LogP contribution in [0.1, 0.15) is 13.3 Å². The van der Waals surface area contributed by atoms with Crippen LogP contribution >= 0.6 is 0 Å². The molecule has 0 fully saturated rings. The lowest BCUT2D eigenvalue weighted by atomic mass is 10.2. The number of methoxy groups -OCH3 is 1. The van der Waals surface area contributed by atoms with Gasteiger partial charge in [-0.2, -0.15) is 0 Å². The van der Waals surface area contributed by atoms with Crippen LogP contribution in [0, 0.1) is 0 Å². The Labute approximate surface area is 98.2 Å². The van der Waals surface area contributed by atoms with Crippen molar-refractivity contribution < 1.29 is 4.74 Å². The first-order valence-corrected chi connectivity index (χ1v) is 5.51. The molecule has 0 saturated carbocycles. The Morgan fingerprint density at radius 2 is 2.19 bits per heavy atom. The highest BCUT2D eigenvalue weighted by Gasteiger charge is 2.04. The van der Waals surface area contributed by atoms with E-state index in [4.69, 9.17) is 10.6 Å². The normalized spacial score (nSPS) is 14.0. The van der Waals surface area contributed by atoms with E-state index in [0.717, 1.165) is 13.0 Å². The van der Waals surface area contributed by atoms with Crippen molar-refractivity contribution in [1.82, 2.24) is 15.6 Å². The number of hydrogen-bond donors (Lipinski definition) is 3. The molecule has 0 aromatic carbocycles. The van der Waals surface area contributed by atoms with Gasteiger partial charge in [0.2, 0.25) is 5.96 Å². The van der Waals surface area contributed by atoms with Gasteiger partial charge in [-0.1, -0.05) is 0 Å². The summed E-state index contributed by atoms with van der Waals surface area (Å²) in [5.41, 5.74) is 2.55. The van der Waals surface area contributed by atoms with Crippen molar-refractivity contribution in [3.05, 3.63) is 0 Å². The second-order valence-corrected chi connectivity index (χ2v) is 4.00. The lowest BCUT2D eigenvalue weighted by Crippen LogP contribution is -2.46. The summed E-state index contributed by atoms with van der Waals surface area (Å²) < 4.78 is 4.91. The summed E-state index contributed by atoms with van der Waals surface area (Å²) in [4.78, 5) is 6.38. The van der Waals surface area contributed by atoms with Crippen LogP contribution in [0.25, 0.3) is 0 Å². The zero-order chi connectivity index (χ0) is 12.4. The molecule has 6 nitrogen and oxygen atoms in total. The highest BCUT2D eigenvalue weighted by Crippen LogP contribution is 1.91. The quantitative estimate of drug-likeness (QED) is 0.179. The van der Waals surface area contributed by atoms with Crippen molar-refractivity contribution in [3.63, 3.8) is 0 Å². The van der Waals surface area contributed by atoms with Crippen LogP contribution in [0.15, 0.2) is 4.99 Å². The monoisotopic (exact) mass is 231 g/mol. The molecule has 0 heterocycles. The molecule has 6 heteroatoms. The van der Waals surface area contributed by atoms with Gasteiger partial charge in [-0.15, -0.1) is 0 Å². The first kappa shape index (κ1) is 15.2. The SMILES string of the molecule is COCCN=C(NN)NC(C)CCN(C)C. The molecule has 16 heavy (non-hydrogen) atoms. The number of ether oxygens (including phenoxy) is 1. The van der Waals surface area contributed by atoms with Crippen LogP contribution in [-0.2, 0) is 4.74 Å². The predicted octanol–water partition coefficient (Wildman–Crippen LogP) is -0.618. The van der Waals surface area contributed by atoms with E-state index in [0.29, 0.717) is 25.2 Å². The average molecular weight is 231 g/mol. The zero-order valence-electron chi connectivity index (χ0n) is 10.8. The van der Waals surface area contributed by atoms with E-state index in [9.17, 15) is 0 Å². The van der Waals surface area contributed by atoms with Gasteiger partial charge in [-0.25, -0.2) is 10.8 Å². The number of aliphatic imine (C=N–C) groups is 1. The lowest BCUT2D eigenvalue weighted by molar-refractivity contribution is 0.208. The molecule has 0 aliphatic rings. The van der Waals surface area contributed by atoms with Gasteiger partial charge in [0.1, 0.15) is 0 Å². The number of guanidine groups is 1. The van der Waals surface area contributed by atoms with Crippen molar-refractivity contribution in [3.8, 4) is 0 Å². The maximum Gasteiger partial charge on any atom is 0.206 e. The number of nitrogens with two attached hydrogens (primary N) is 1. The smallest absolute Gasteiger partial charge is 0.206 e. The fourth-order valence-corrected chi connectivity index (χ4v) is 1.14. The summed E-state index contributed by atoms with van der Waals surface area (Å²) in [6, 6.07) is 0.333. The Kier molecular flexibility index (Phi) is 8.88. The molecule has 4 N–H and O–H groups in total. The maximum absolute atomic E-state index is 5.36. The van der Waals surface area contributed by atoms with Crippen LogP contribution in [0.3, 0.4) is 0 Å². The summed E-state index contributed by atoms with van der Waals surface area (Å²) >= 11 is 0. The van der Waals surface area contributed by atoms with Gasteiger partial charge in [0.05, 0.1) is 13.2 Å². The standard InChI is InChI=1S/C10H25N5O/c1-9(5-7-15(2)3)13-10(14-11)12-6-8-16-4/h9H,5-8,11H2,1-4H3,(H2,12,13,14). The van der Waals surface area contributed by atoms with Gasteiger partial charge >= 0.3 is 0 Å². The number of nitrogens with zero attached hydrogens (tertiary/aromatic N) is 2. The molecule has 0 amide bonds. The highest BCUT2D eigenvalue weighted by molar-refractivity contribution is 5.79. The topological polar surface area (TPSA) is 74.9 Å². The third kappa shape index (κ3) is 8.46. The largest absolute Gasteiger partial charge is 0.383 e. The van der Waals surface area contributed by atoms with Gasteiger partial charge < -0.3 is 15.0 Å². The number of hydrogen-bond acceptors (Lipinski definition) is 4. The van der Waals surface area contributed by atoms with Crippen molar-refractivity contribution in [2.45, 2.75) is 19.4 Å². The van der Waals surface area contributed by atoms with E-state index in [1.54, 1.807) is 7.11 Å². The molecule has 0 aromatic rings. The third-order valence-electron chi connectivity index (χ3n) is 2.09. The molecule has 1 atom stereocenters. The Morgan fingerprint density at radius 3 is 2.69 bits per heavy atom. The minimum atomic E-state index is 0.333. The number of rotatable bonds is 7. The molecular weight excluding hydrogens is 206 g/mol. The van der Waals surface area contributed by atoms with Gasteiger partial charge in [0, 0.05) is 13.2 Å². The van der Waals surface area contributed by atoms with Crippen molar-refractivity contribution in [1.29, 1.82) is 0 Å². The lowest BCUT2D eigenvalue weighted by Gasteiger charge is -2.18. The Balaban J connectivity index is 3.86.